The third-order valence-corrected chi connectivity index (χ3v) is 2.98. The van der Waals surface area contributed by atoms with E-state index in [1.54, 1.807) is 12.1 Å². The summed E-state index contributed by atoms with van der Waals surface area (Å²) in [6.45, 7) is 2.07. The number of non-ortho nitro benzene ring substituents is 1. The number of nitro groups is 1. The van der Waals surface area contributed by atoms with Gasteiger partial charge in [0.05, 0.1) is 17.7 Å². The van der Waals surface area contributed by atoms with Crippen LogP contribution in [-0.4, -0.2) is 23.6 Å². The number of amides is 1. The van der Waals surface area contributed by atoms with Gasteiger partial charge in [0.25, 0.3) is 11.6 Å². The van der Waals surface area contributed by atoms with Crippen molar-refractivity contribution in [3.05, 3.63) is 69.8 Å². The quantitative estimate of drug-likeness (QED) is 0.486. The molecule has 0 aliphatic rings. The second-order valence-electron chi connectivity index (χ2n) is 4.86. The zero-order chi connectivity index (χ0) is 16.7. The maximum atomic E-state index is 11.7. The van der Waals surface area contributed by atoms with Crippen molar-refractivity contribution in [3.8, 4) is 0 Å². The molecule has 2 N–H and O–H groups in total. The Bertz CT molecular complexity index is 726. The van der Waals surface area contributed by atoms with E-state index in [4.69, 9.17) is 0 Å². The summed E-state index contributed by atoms with van der Waals surface area (Å²) in [7, 11) is 0. The Morgan fingerprint density at radius 3 is 2.65 bits per heavy atom. The summed E-state index contributed by atoms with van der Waals surface area (Å²) in [4.78, 5) is 21.7. The first-order valence-corrected chi connectivity index (χ1v) is 6.91. The maximum absolute atomic E-state index is 11.7. The molecule has 118 valence electrons. The van der Waals surface area contributed by atoms with Gasteiger partial charge in [-0.1, -0.05) is 12.1 Å². The van der Waals surface area contributed by atoms with E-state index in [1.807, 2.05) is 31.2 Å². The van der Waals surface area contributed by atoms with Crippen LogP contribution in [0.25, 0.3) is 0 Å². The smallest absolute Gasteiger partial charge is 0.269 e. The number of hydrazone groups is 1. The third-order valence-electron chi connectivity index (χ3n) is 2.98. The van der Waals surface area contributed by atoms with E-state index in [1.165, 1.54) is 18.3 Å². The van der Waals surface area contributed by atoms with Gasteiger partial charge < -0.3 is 5.32 Å². The van der Waals surface area contributed by atoms with Crippen LogP contribution in [0.1, 0.15) is 11.1 Å². The molecule has 1 amide bonds. The highest BCUT2D eigenvalue weighted by molar-refractivity contribution is 5.84. The van der Waals surface area contributed by atoms with Crippen molar-refractivity contribution in [3.63, 3.8) is 0 Å². The van der Waals surface area contributed by atoms with Crippen molar-refractivity contribution >= 4 is 23.5 Å². The van der Waals surface area contributed by atoms with Crippen molar-refractivity contribution in [1.29, 1.82) is 0 Å². The van der Waals surface area contributed by atoms with E-state index < -0.39 is 4.92 Å². The summed E-state index contributed by atoms with van der Waals surface area (Å²) < 4.78 is 0. The largest absolute Gasteiger partial charge is 0.376 e. The van der Waals surface area contributed by atoms with E-state index in [-0.39, 0.29) is 18.1 Å². The van der Waals surface area contributed by atoms with Crippen molar-refractivity contribution in [1.82, 2.24) is 5.43 Å². The van der Waals surface area contributed by atoms with Gasteiger partial charge in [0.1, 0.15) is 0 Å². The van der Waals surface area contributed by atoms with Crippen LogP contribution in [0, 0.1) is 17.0 Å². The standard InChI is InChI=1S/C16H16N4O3/c1-12-3-2-4-14(9-12)17-11-16(21)19-18-10-13-5-7-15(8-6-13)20(22)23/h2-10,17H,11H2,1H3,(H,19,21). The number of nitro benzene ring substituents is 1. The fourth-order valence-electron chi connectivity index (χ4n) is 1.84. The van der Waals surface area contributed by atoms with Crippen LogP contribution in [0.3, 0.4) is 0 Å². The summed E-state index contributed by atoms with van der Waals surface area (Å²) >= 11 is 0. The van der Waals surface area contributed by atoms with Crippen molar-refractivity contribution < 1.29 is 9.72 Å². The predicted molar refractivity (Wildman–Crippen MR) is 88.5 cm³/mol. The van der Waals surface area contributed by atoms with Gasteiger partial charge in [0, 0.05) is 17.8 Å². The van der Waals surface area contributed by atoms with Gasteiger partial charge in [-0.2, -0.15) is 5.10 Å². The first-order valence-electron chi connectivity index (χ1n) is 6.91. The highest BCUT2D eigenvalue weighted by Gasteiger charge is 2.03. The topological polar surface area (TPSA) is 96.6 Å². The van der Waals surface area contributed by atoms with Crippen LogP contribution in [0.15, 0.2) is 53.6 Å². The Morgan fingerprint density at radius 1 is 1.26 bits per heavy atom. The summed E-state index contributed by atoms with van der Waals surface area (Å²) in [5, 5.41) is 17.3. The van der Waals surface area contributed by atoms with Crippen molar-refractivity contribution in [2.24, 2.45) is 5.10 Å². The first-order chi connectivity index (χ1) is 11.0. The number of nitrogens with zero attached hydrogens (tertiary/aromatic N) is 2. The minimum absolute atomic E-state index is 0.00791. The number of carbonyl (C=O) groups is 1. The van der Waals surface area contributed by atoms with Crippen molar-refractivity contribution in [2.75, 3.05) is 11.9 Å². The lowest BCUT2D eigenvalue weighted by Crippen LogP contribution is -2.25. The van der Waals surface area contributed by atoms with E-state index in [2.05, 4.69) is 15.8 Å². The van der Waals surface area contributed by atoms with Crippen LogP contribution in [0.2, 0.25) is 0 Å². The Hall–Kier alpha value is -3.22. The van der Waals surface area contributed by atoms with E-state index in [9.17, 15) is 14.9 Å². The Kier molecular flexibility index (Phi) is 5.40. The molecule has 2 aromatic carbocycles. The fourth-order valence-corrected chi connectivity index (χ4v) is 1.84. The molecule has 2 aromatic rings. The molecule has 0 bridgehead atoms. The van der Waals surface area contributed by atoms with Gasteiger partial charge >= 0.3 is 0 Å². The molecule has 0 fully saturated rings. The molecular weight excluding hydrogens is 296 g/mol. The van der Waals surface area contributed by atoms with Crippen LogP contribution < -0.4 is 10.7 Å². The van der Waals surface area contributed by atoms with E-state index >= 15 is 0 Å². The van der Waals surface area contributed by atoms with Gasteiger partial charge in [-0.25, -0.2) is 5.43 Å². The molecule has 7 heteroatoms. The average Bonchev–Trinajstić information content (AvgIpc) is 2.53. The lowest BCUT2D eigenvalue weighted by atomic mass is 10.2. The minimum Gasteiger partial charge on any atom is -0.376 e. The van der Waals surface area contributed by atoms with Gasteiger partial charge in [-0.3, -0.25) is 14.9 Å². The molecule has 0 aliphatic heterocycles. The number of nitrogens with one attached hydrogen (secondary N) is 2. The number of aryl methyl sites for hydroxylation is 1. The zero-order valence-corrected chi connectivity index (χ0v) is 12.5. The fraction of sp³-hybridized carbons (Fsp3) is 0.125. The summed E-state index contributed by atoms with van der Waals surface area (Å²) in [5.41, 5.74) is 5.01. The Labute approximate surface area is 133 Å². The van der Waals surface area contributed by atoms with Gasteiger partial charge in [0.2, 0.25) is 0 Å². The van der Waals surface area contributed by atoms with Gasteiger partial charge in [-0.15, -0.1) is 0 Å². The highest BCUT2D eigenvalue weighted by atomic mass is 16.6. The third kappa shape index (κ3) is 5.24. The van der Waals surface area contributed by atoms with E-state index in [0.29, 0.717) is 5.56 Å². The number of hydrogen-bond donors (Lipinski definition) is 2. The molecule has 0 aliphatic carbocycles. The van der Waals surface area contributed by atoms with Gasteiger partial charge in [-0.05, 0) is 42.3 Å². The maximum Gasteiger partial charge on any atom is 0.269 e. The molecule has 0 aromatic heterocycles. The number of rotatable bonds is 6. The summed E-state index contributed by atoms with van der Waals surface area (Å²) in [5.74, 6) is -0.287. The van der Waals surface area contributed by atoms with E-state index in [0.717, 1.165) is 11.3 Å². The molecule has 2 rings (SSSR count). The normalized spacial score (nSPS) is 10.5. The lowest BCUT2D eigenvalue weighted by molar-refractivity contribution is -0.384. The van der Waals surface area contributed by atoms with Crippen molar-refractivity contribution in [2.45, 2.75) is 6.92 Å². The second-order valence-corrected chi connectivity index (χ2v) is 4.86. The molecule has 0 saturated heterocycles. The molecule has 0 radical (unpaired) electrons. The minimum atomic E-state index is -0.473. The van der Waals surface area contributed by atoms with Crippen LogP contribution in [0.4, 0.5) is 11.4 Å². The molecule has 7 nitrogen and oxygen atoms in total. The highest BCUT2D eigenvalue weighted by Crippen LogP contribution is 2.10. The molecule has 23 heavy (non-hydrogen) atoms. The van der Waals surface area contributed by atoms with Gasteiger partial charge in [0.15, 0.2) is 0 Å². The zero-order valence-electron chi connectivity index (χ0n) is 12.5. The SMILES string of the molecule is Cc1cccc(NCC(=O)NN=Cc2ccc([N+](=O)[O-])cc2)c1. The summed E-state index contributed by atoms with van der Waals surface area (Å²) in [6.07, 6.45) is 1.42. The number of hydrogen-bond acceptors (Lipinski definition) is 5. The molecule has 0 heterocycles. The number of carbonyl (C=O) groups excluding carboxylic acids is 1. The molecule has 0 atom stereocenters. The molecule has 0 spiro atoms. The number of benzene rings is 2. The Balaban J connectivity index is 1.80. The Morgan fingerprint density at radius 2 is 2.00 bits per heavy atom. The van der Waals surface area contributed by atoms with Crippen LogP contribution in [0.5, 0.6) is 0 Å². The van der Waals surface area contributed by atoms with Crippen LogP contribution in [-0.2, 0) is 4.79 Å². The lowest BCUT2D eigenvalue weighted by Gasteiger charge is -2.05. The average molecular weight is 312 g/mol. The molecule has 0 saturated carbocycles. The monoisotopic (exact) mass is 312 g/mol. The second kappa shape index (κ2) is 7.69. The van der Waals surface area contributed by atoms with Crippen LogP contribution >= 0.6 is 0 Å². The molecule has 0 unspecified atom stereocenters. The first kappa shape index (κ1) is 16.2. The summed E-state index contributed by atoms with van der Waals surface area (Å²) in [6, 6.07) is 13.6. The number of anilines is 1. The molecular formula is C16H16N4O3. The predicted octanol–water partition coefficient (Wildman–Crippen LogP) is 2.47.